The molecule has 53 heavy (non-hydrogen) atoms. The first-order valence-corrected chi connectivity index (χ1v) is 18.0. The largest absolute Gasteiger partial charge is 0.416 e. The Morgan fingerprint density at radius 3 is 1.94 bits per heavy atom. The van der Waals surface area contributed by atoms with Crippen LogP contribution in [-0.2, 0) is 26.0 Å². The summed E-state index contributed by atoms with van der Waals surface area (Å²) < 4.78 is 78.7. The van der Waals surface area contributed by atoms with Gasteiger partial charge in [0.05, 0.1) is 5.56 Å². The molecule has 280 valence electrons. The van der Waals surface area contributed by atoms with Gasteiger partial charge in [-0.1, -0.05) is 85.7 Å². The van der Waals surface area contributed by atoms with Crippen LogP contribution in [-0.4, -0.2) is 55.0 Å². The number of carbonyl (C=O) groups excluding carboxylic acids is 3. The summed E-state index contributed by atoms with van der Waals surface area (Å²) in [7, 11) is 0. The SMILES string of the molecule is O=C(NCCCCCC1(C(=O)NCC(F)(F)F)c2ccccc2-c2ccccc21)C1CCN(C(=O)C2=CCCC=C2c2ccc(C(F)(F)F)cc2)CC1. The number of alkyl halides is 6. The molecule has 3 aliphatic rings. The van der Waals surface area contributed by atoms with E-state index in [-0.39, 0.29) is 17.7 Å². The van der Waals surface area contributed by atoms with Crippen LogP contribution in [0.4, 0.5) is 26.3 Å². The molecule has 6 rings (SSSR count). The monoisotopic (exact) mass is 737 g/mol. The number of hydrogen-bond donors (Lipinski definition) is 2. The van der Waals surface area contributed by atoms with E-state index >= 15 is 0 Å². The van der Waals surface area contributed by atoms with E-state index in [0.717, 1.165) is 23.3 Å². The molecule has 0 aromatic heterocycles. The van der Waals surface area contributed by atoms with Gasteiger partial charge < -0.3 is 15.5 Å². The number of likely N-dealkylation sites (tertiary alicyclic amines) is 1. The van der Waals surface area contributed by atoms with Gasteiger partial charge in [0.2, 0.25) is 11.8 Å². The van der Waals surface area contributed by atoms with Crippen molar-refractivity contribution >= 4 is 23.3 Å². The lowest BCUT2D eigenvalue weighted by Gasteiger charge is -2.33. The number of carbonyl (C=O) groups is 3. The van der Waals surface area contributed by atoms with Gasteiger partial charge in [-0.2, -0.15) is 26.3 Å². The number of amides is 3. The second-order valence-corrected chi connectivity index (χ2v) is 13.9. The van der Waals surface area contributed by atoms with Crippen molar-refractivity contribution in [3.05, 3.63) is 113 Å². The molecule has 0 spiro atoms. The van der Waals surface area contributed by atoms with Crippen LogP contribution in [0.25, 0.3) is 16.7 Å². The van der Waals surface area contributed by atoms with Crippen molar-refractivity contribution in [3.63, 3.8) is 0 Å². The molecule has 1 heterocycles. The Hall–Kier alpha value is -4.87. The minimum atomic E-state index is -4.55. The van der Waals surface area contributed by atoms with Crippen molar-refractivity contribution < 1.29 is 40.7 Å². The van der Waals surface area contributed by atoms with Gasteiger partial charge in [-0.25, -0.2) is 0 Å². The van der Waals surface area contributed by atoms with Crippen LogP contribution in [0.1, 0.15) is 73.6 Å². The molecule has 0 atom stereocenters. The molecule has 1 fully saturated rings. The predicted octanol–water partition coefficient (Wildman–Crippen LogP) is 8.37. The summed E-state index contributed by atoms with van der Waals surface area (Å²) in [5, 5.41) is 5.13. The average molecular weight is 738 g/mol. The third-order valence-electron chi connectivity index (χ3n) is 10.5. The van der Waals surface area contributed by atoms with Gasteiger partial charge in [0.1, 0.15) is 12.0 Å². The average Bonchev–Trinajstić information content (AvgIpc) is 3.44. The summed E-state index contributed by atoms with van der Waals surface area (Å²) in [6.07, 6.45) is -0.938. The lowest BCUT2D eigenvalue weighted by atomic mass is 9.73. The van der Waals surface area contributed by atoms with E-state index in [4.69, 9.17) is 0 Å². The Morgan fingerprint density at radius 1 is 0.736 bits per heavy atom. The highest BCUT2D eigenvalue weighted by molar-refractivity contribution is 6.09. The maximum atomic E-state index is 13.7. The van der Waals surface area contributed by atoms with Crippen molar-refractivity contribution in [2.75, 3.05) is 26.2 Å². The standard InChI is InChI=1S/C41H41F6N3O3/c42-40(43,44)26-49-38(53)39(34-14-6-4-11-31(34)32-12-5-7-15-35(32)39)22-8-1-9-23-48-36(51)28-20-24-50(25-21-28)37(52)33-13-3-2-10-30(33)27-16-18-29(19-17-27)41(45,46)47/h4-7,10-19,28H,1-3,8-9,20-26H2,(H,48,51)(H,49,53). The topological polar surface area (TPSA) is 78.5 Å². The molecule has 2 aliphatic carbocycles. The van der Waals surface area contributed by atoms with Gasteiger partial charge >= 0.3 is 12.4 Å². The van der Waals surface area contributed by atoms with Crippen molar-refractivity contribution in [1.82, 2.24) is 15.5 Å². The number of unbranched alkanes of at least 4 members (excludes halogenated alkanes) is 2. The predicted molar refractivity (Wildman–Crippen MR) is 189 cm³/mol. The third kappa shape index (κ3) is 8.21. The van der Waals surface area contributed by atoms with Crippen molar-refractivity contribution in [3.8, 4) is 11.1 Å². The van der Waals surface area contributed by atoms with E-state index in [1.54, 1.807) is 17.0 Å². The number of allylic oxidation sites excluding steroid dienone is 2. The maximum Gasteiger partial charge on any atom is 0.416 e. The molecular weight excluding hydrogens is 696 g/mol. The van der Waals surface area contributed by atoms with Gasteiger partial charge in [-0.15, -0.1) is 0 Å². The Labute approximate surface area is 304 Å². The van der Waals surface area contributed by atoms with Crippen molar-refractivity contribution in [1.29, 1.82) is 0 Å². The molecule has 0 unspecified atom stereocenters. The van der Waals surface area contributed by atoms with Crippen LogP contribution < -0.4 is 10.6 Å². The first kappa shape index (κ1) is 37.9. The molecule has 1 aliphatic heterocycles. The minimum absolute atomic E-state index is 0.110. The molecule has 0 radical (unpaired) electrons. The van der Waals surface area contributed by atoms with Crippen LogP contribution in [0, 0.1) is 5.92 Å². The number of nitrogens with zero attached hydrogens (tertiary/aromatic N) is 1. The summed E-state index contributed by atoms with van der Waals surface area (Å²) in [5.74, 6) is -1.28. The molecule has 3 aromatic carbocycles. The van der Waals surface area contributed by atoms with Gasteiger partial charge in [0, 0.05) is 31.1 Å². The lowest BCUT2D eigenvalue weighted by molar-refractivity contribution is -0.141. The smallest absolute Gasteiger partial charge is 0.356 e. The third-order valence-corrected chi connectivity index (χ3v) is 10.5. The first-order chi connectivity index (χ1) is 25.3. The Kier molecular flexibility index (Phi) is 11.2. The molecule has 6 nitrogen and oxygen atoms in total. The van der Waals surface area contributed by atoms with Crippen LogP contribution >= 0.6 is 0 Å². The van der Waals surface area contributed by atoms with E-state index < -0.39 is 35.8 Å². The highest BCUT2D eigenvalue weighted by atomic mass is 19.4. The normalized spacial score (nSPS) is 17.0. The first-order valence-electron chi connectivity index (χ1n) is 18.0. The lowest BCUT2D eigenvalue weighted by Crippen LogP contribution is -2.47. The van der Waals surface area contributed by atoms with E-state index in [1.165, 1.54) is 12.1 Å². The Morgan fingerprint density at radius 2 is 1.34 bits per heavy atom. The van der Waals surface area contributed by atoms with E-state index in [1.807, 2.05) is 48.6 Å². The molecule has 0 bridgehead atoms. The zero-order chi connectivity index (χ0) is 37.8. The van der Waals surface area contributed by atoms with Gasteiger partial charge in [-0.05, 0) is 84.0 Å². The van der Waals surface area contributed by atoms with E-state index in [9.17, 15) is 40.7 Å². The number of benzene rings is 3. The summed E-state index contributed by atoms with van der Waals surface area (Å²) >= 11 is 0. The van der Waals surface area contributed by atoms with Crippen LogP contribution in [0.2, 0.25) is 0 Å². The molecule has 3 amide bonds. The fourth-order valence-corrected chi connectivity index (χ4v) is 7.84. The second kappa shape index (κ2) is 15.6. The van der Waals surface area contributed by atoms with Crippen LogP contribution in [0.5, 0.6) is 0 Å². The quantitative estimate of drug-likeness (QED) is 0.153. The number of halogens is 6. The molecule has 1 saturated heterocycles. The Bertz CT molecular complexity index is 1840. The highest BCUT2D eigenvalue weighted by Gasteiger charge is 2.49. The fourth-order valence-electron chi connectivity index (χ4n) is 7.84. The van der Waals surface area contributed by atoms with Crippen molar-refractivity contribution in [2.45, 2.75) is 69.1 Å². The summed E-state index contributed by atoms with van der Waals surface area (Å²) in [4.78, 5) is 42.0. The minimum Gasteiger partial charge on any atom is -0.356 e. The number of nitrogens with one attached hydrogen (secondary N) is 2. The summed E-state index contributed by atoms with van der Waals surface area (Å²) in [6.45, 7) is -0.283. The number of piperidine rings is 1. The zero-order valence-electron chi connectivity index (χ0n) is 29.1. The van der Waals surface area contributed by atoms with E-state index in [0.29, 0.717) is 98.8 Å². The molecule has 3 aromatic rings. The van der Waals surface area contributed by atoms with Crippen LogP contribution in [0.15, 0.2) is 90.5 Å². The van der Waals surface area contributed by atoms with Crippen LogP contribution in [0.3, 0.4) is 0 Å². The van der Waals surface area contributed by atoms with Gasteiger partial charge in [-0.3, -0.25) is 14.4 Å². The Balaban J connectivity index is 0.994. The summed E-state index contributed by atoms with van der Waals surface area (Å²) in [6, 6.07) is 19.5. The number of rotatable bonds is 11. The van der Waals surface area contributed by atoms with Gasteiger partial charge in [0.25, 0.3) is 5.91 Å². The molecule has 12 heteroatoms. The van der Waals surface area contributed by atoms with Gasteiger partial charge in [0.15, 0.2) is 0 Å². The van der Waals surface area contributed by atoms with Crippen molar-refractivity contribution in [2.24, 2.45) is 5.92 Å². The highest BCUT2D eigenvalue weighted by Crippen LogP contribution is 2.51. The fraction of sp³-hybridized carbons (Fsp3) is 0.390. The molecular formula is C41H41F6N3O3. The summed E-state index contributed by atoms with van der Waals surface area (Å²) in [5.41, 5.74) is 2.63. The molecule has 0 saturated carbocycles. The number of fused-ring (bicyclic) bond motifs is 3. The second-order valence-electron chi connectivity index (χ2n) is 13.9. The molecule has 2 N–H and O–H groups in total. The van der Waals surface area contributed by atoms with E-state index in [2.05, 4.69) is 10.6 Å². The maximum absolute atomic E-state index is 13.7. The zero-order valence-corrected chi connectivity index (χ0v) is 29.1. The number of hydrogen-bond acceptors (Lipinski definition) is 3.